The van der Waals surface area contributed by atoms with Gasteiger partial charge in [-0.25, -0.2) is 4.68 Å². The van der Waals surface area contributed by atoms with Gasteiger partial charge in [-0.15, -0.1) is 0 Å². The lowest BCUT2D eigenvalue weighted by atomic mass is 10.6. The molecule has 1 radical (unpaired) electrons. The van der Waals surface area contributed by atoms with Gasteiger partial charge in [0.25, 0.3) is 0 Å². The largest absolute Gasteiger partial charge is 0.477 e. The van der Waals surface area contributed by atoms with Crippen LogP contribution in [0.15, 0.2) is 0 Å². The quantitative estimate of drug-likeness (QED) is 0.778. The van der Waals surface area contributed by atoms with Crippen LogP contribution in [0.2, 0.25) is 0 Å². The molecule has 0 aliphatic carbocycles. The van der Waals surface area contributed by atoms with Gasteiger partial charge in [-0.05, 0) is 36.4 Å². The smallest absolute Gasteiger partial charge is 0.226 e. The topological polar surface area (TPSA) is 27.1 Å². The minimum atomic E-state index is 0.676. The Morgan fingerprint density at radius 2 is 2.36 bits per heavy atom. The van der Waals surface area contributed by atoms with E-state index in [0.29, 0.717) is 6.61 Å². The summed E-state index contributed by atoms with van der Waals surface area (Å²) >= 11 is 2.16. The lowest BCUT2D eigenvalue weighted by Crippen LogP contribution is -2.03. The minimum absolute atomic E-state index is 0.676. The summed E-state index contributed by atoms with van der Waals surface area (Å²) in [6, 6.07) is 0. The molecule has 1 aromatic rings. The monoisotopic (exact) mass is 265 g/mol. The van der Waals surface area contributed by atoms with Gasteiger partial charge < -0.3 is 4.74 Å². The van der Waals surface area contributed by atoms with Crippen LogP contribution in [0.25, 0.3) is 0 Å². The van der Waals surface area contributed by atoms with Gasteiger partial charge in [-0.1, -0.05) is 0 Å². The summed E-state index contributed by atoms with van der Waals surface area (Å²) in [4.78, 5) is 0. The van der Waals surface area contributed by atoms with Crippen LogP contribution < -0.4 is 4.74 Å². The molecule has 3 nitrogen and oxygen atoms in total. The molecule has 1 heterocycles. The van der Waals surface area contributed by atoms with Gasteiger partial charge in [-0.3, -0.25) is 0 Å². The van der Waals surface area contributed by atoms with Crippen LogP contribution in [0.3, 0.4) is 0 Å². The fourth-order valence-corrected chi connectivity index (χ4v) is 1.34. The van der Waals surface area contributed by atoms with E-state index in [1.54, 1.807) is 4.68 Å². The summed E-state index contributed by atoms with van der Waals surface area (Å²) in [5, 5.41) is 4.01. The predicted octanol–water partition coefficient (Wildman–Crippen LogP) is 1.71. The van der Waals surface area contributed by atoms with Crippen molar-refractivity contribution in [3.05, 3.63) is 9.77 Å². The number of ether oxygens (including phenoxy) is 1. The molecule has 61 valence electrons. The summed E-state index contributed by atoms with van der Waals surface area (Å²) in [6.07, 6.45) is 2.85. The van der Waals surface area contributed by atoms with E-state index in [2.05, 4.69) is 33.9 Å². The fourth-order valence-electron chi connectivity index (χ4n) is 0.800. The zero-order valence-corrected chi connectivity index (χ0v) is 8.75. The third-order valence-electron chi connectivity index (χ3n) is 1.27. The molecule has 1 aromatic heterocycles. The maximum atomic E-state index is 5.36. The molecule has 1 rings (SSSR count). The van der Waals surface area contributed by atoms with Gasteiger partial charge in [0, 0.05) is 6.54 Å². The summed E-state index contributed by atoms with van der Waals surface area (Å²) in [5.41, 5.74) is 0. The van der Waals surface area contributed by atoms with Crippen molar-refractivity contribution in [2.24, 2.45) is 0 Å². The third kappa shape index (κ3) is 1.85. The van der Waals surface area contributed by atoms with Crippen LogP contribution in [0.5, 0.6) is 5.88 Å². The van der Waals surface area contributed by atoms with Crippen molar-refractivity contribution in [1.82, 2.24) is 9.78 Å². The molecule has 0 saturated carbocycles. The van der Waals surface area contributed by atoms with Crippen molar-refractivity contribution in [3.8, 4) is 5.88 Å². The van der Waals surface area contributed by atoms with Crippen molar-refractivity contribution in [2.45, 2.75) is 20.4 Å². The van der Waals surface area contributed by atoms with E-state index in [4.69, 9.17) is 4.74 Å². The number of nitrogens with zero attached hydrogens (tertiary/aromatic N) is 2. The summed E-state index contributed by atoms with van der Waals surface area (Å²) in [7, 11) is 0. The average molecular weight is 265 g/mol. The standard InChI is InChI=1S/C7H10IN2O/c1-3-10-7(11-4-2)6(8)5-9-10/h3-4H2,1-2H3. The highest BCUT2D eigenvalue weighted by atomic mass is 127. The molecule has 0 amide bonds. The summed E-state index contributed by atoms with van der Waals surface area (Å²) in [6.45, 7) is 5.49. The van der Waals surface area contributed by atoms with E-state index in [1.807, 2.05) is 13.8 Å². The Kier molecular flexibility index (Phi) is 3.16. The molecule has 0 aliphatic rings. The Morgan fingerprint density at radius 1 is 1.64 bits per heavy atom. The third-order valence-corrected chi connectivity index (χ3v) is 1.97. The Morgan fingerprint density at radius 3 is 2.91 bits per heavy atom. The molecule has 11 heavy (non-hydrogen) atoms. The number of halogens is 1. The van der Waals surface area contributed by atoms with Gasteiger partial charge in [0.05, 0.1) is 6.61 Å². The number of aromatic nitrogens is 2. The van der Waals surface area contributed by atoms with Gasteiger partial charge in [0.1, 0.15) is 9.77 Å². The van der Waals surface area contributed by atoms with Gasteiger partial charge in [0.2, 0.25) is 5.88 Å². The van der Waals surface area contributed by atoms with Crippen LogP contribution in [-0.2, 0) is 6.54 Å². The second-order valence-electron chi connectivity index (χ2n) is 1.98. The van der Waals surface area contributed by atoms with E-state index in [1.165, 1.54) is 0 Å². The average Bonchev–Trinajstić information content (AvgIpc) is 2.34. The highest BCUT2D eigenvalue weighted by molar-refractivity contribution is 14.1. The van der Waals surface area contributed by atoms with E-state index in [0.717, 1.165) is 16.0 Å². The highest BCUT2D eigenvalue weighted by Gasteiger charge is 2.07. The molecule has 0 N–H and O–H groups in total. The molecular formula is C7H10IN2O. The van der Waals surface area contributed by atoms with Crippen molar-refractivity contribution >= 4 is 22.6 Å². The van der Waals surface area contributed by atoms with Crippen LogP contribution >= 0.6 is 22.6 Å². The molecular weight excluding hydrogens is 255 g/mol. The van der Waals surface area contributed by atoms with Gasteiger partial charge in [0.15, 0.2) is 0 Å². The van der Waals surface area contributed by atoms with Crippen LogP contribution in [0.4, 0.5) is 0 Å². The van der Waals surface area contributed by atoms with E-state index >= 15 is 0 Å². The van der Waals surface area contributed by atoms with Crippen molar-refractivity contribution in [1.29, 1.82) is 0 Å². The first-order chi connectivity index (χ1) is 5.29. The normalized spacial score (nSPS) is 10.1. The second-order valence-corrected chi connectivity index (χ2v) is 3.06. The van der Waals surface area contributed by atoms with E-state index in [9.17, 15) is 0 Å². The minimum Gasteiger partial charge on any atom is -0.477 e. The number of hydrogen-bond acceptors (Lipinski definition) is 2. The maximum absolute atomic E-state index is 5.36. The maximum Gasteiger partial charge on any atom is 0.226 e. The molecule has 0 spiro atoms. The van der Waals surface area contributed by atoms with E-state index in [-0.39, 0.29) is 0 Å². The first-order valence-electron chi connectivity index (χ1n) is 3.56. The number of aryl methyl sites for hydroxylation is 1. The molecule has 0 unspecified atom stereocenters. The lowest BCUT2D eigenvalue weighted by Gasteiger charge is -2.04. The number of hydrogen-bond donors (Lipinski definition) is 0. The molecule has 0 aliphatic heterocycles. The Balaban J connectivity index is 2.88. The van der Waals surface area contributed by atoms with Crippen LogP contribution in [-0.4, -0.2) is 16.4 Å². The zero-order chi connectivity index (χ0) is 8.27. The first kappa shape index (κ1) is 8.83. The van der Waals surface area contributed by atoms with Gasteiger partial charge in [-0.2, -0.15) is 5.10 Å². The molecule has 0 atom stereocenters. The molecule has 0 saturated heterocycles. The number of rotatable bonds is 3. The van der Waals surface area contributed by atoms with E-state index < -0.39 is 0 Å². The Bertz CT molecular complexity index is 234. The van der Waals surface area contributed by atoms with Crippen molar-refractivity contribution < 1.29 is 4.74 Å². The van der Waals surface area contributed by atoms with Crippen molar-refractivity contribution in [3.63, 3.8) is 0 Å². The molecule has 4 heteroatoms. The SMILES string of the molecule is CCOc1c(I)[c]nn1CC. The molecule has 0 bridgehead atoms. The highest BCUT2D eigenvalue weighted by Crippen LogP contribution is 2.18. The zero-order valence-electron chi connectivity index (χ0n) is 6.59. The lowest BCUT2D eigenvalue weighted by molar-refractivity contribution is 0.301. The van der Waals surface area contributed by atoms with Crippen molar-refractivity contribution in [2.75, 3.05) is 6.61 Å². The Labute approximate surface area is 79.9 Å². The molecule has 0 aromatic carbocycles. The molecule has 0 fully saturated rings. The Hall–Kier alpha value is -0.260. The fraction of sp³-hybridized carbons (Fsp3) is 0.571. The van der Waals surface area contributed by atoms with Crippen LogP contribution in [0, 0.1) is 9.77 Å². The van der Waals surface area contributed by atoms with Crippen LogP contribution in [0.1, 0.15) is 13.8 Å². The predicted molar refractivity (Wildman–Crippen MR) is 50.6 cm³/mol. The van der Waals surface area contributed by atoms with Gasteiger partial charge >= 0.3 is 0 Å². The summed E-state index contributed by atoms with van der Waals surface area (Å²) in [5.74, 6) is 0.829. The first-order valence-corrected chi connectivity index (χ1v) is 4.64. The second kappa shape index (κ2) is 3.94. The summed E-state index contributed by atoms with van der Waals surface area (Å²) < 4.78 is 8.11.